The number of rotatable bonds is 9. The van der Waals surface area contributed by atoms with E-state index in [4.69, 9.17) is 0 Å². The molecule has 178 valence electrons. The highest BCUT2D eigenvalue weighted by molar-refractivity contribution is 9.10. The van der Waals surface area contributed by atoms with Crippen LogP contribution in [-0.2, 0) is 21.9 Å². The second-order valence-electron chi connectivity index (χ2n) is 9.16. The third-order valence-electron chi connectivity index (χ3n) is 6.14. The van der Waals surface area contributed by atoms with Gasteiger partial charge in [-0.2, -0.15) is 0 Å². The van der Waals surface area contributed by atoms with Crippen LogP contribution >= 0.6 is 27.7 Å². The molecule has 1 fully saturated rings. The van der Waals surface area contributed by atoms with Gasteiger partial charge in [0.05, 0.1) is 5.75 Å². The van der Waals surface area contributed by atoms with Gasteiger partial charge in [0.15, 0.2) is 0 Å². The van der Waals surface area contributed by atoms with E-state index in [1.807, 2.05) is 31.2 Å². The van der Waals surface area contributed by atoms with Crippen molar-refractivity contribution in [3.05, 3.63) is 69.2 Å². The first-order valence-electron chi connectivity index (χ1n) is 11.8. The van der Waals surface area contributed by atoms with E-state index in [-0.39, 0.29) is 17.9 Å². The second kappa shape index (κ2) is 12.6. The van der Waals surface area contributed by atoms with Gasteiger partial charge in [0.2, 0.25) is 11.8 Å². The molecule has 6 heteroatoms. The summed E-state index contributed by atoms with van der Waals surface area (Å²) < 4.78 is 0.968. The minimum absolute atomic E-state index is 0.00403. The third kappa shape index (κ3) is 8.18. The summed E-state index contributed by atoms with van der Waals surface area (Å²) in [6, 6.07) is 14.2. The Hall–Kier alpha value is -1.79. The van der Waals surface area contributed by atoms with Crippen molar-refractivity contribution in [1.82, 2.24) is 10.2 Å². The van der Waals surface area contributed by atoms with E-state index >= 15 is 0 Å². The molecule has 1 unspecified atom stereocenters. The molecule has 1 N–H and O–H groups in total. The summed E-state index contributed by atoms with van der Waals surface area (Å²) in [7, 11) is 0. The molecule has 4 nitrogen and oxygen atoms in total. The van der Waals surface area contributed by atoms with Gasteiger partial charge >= 0.3 is 0 Å². The summed E-state index contributed by atoms with van der Waals surface area (Å²) in [4.78, 5) is 28.1. The average molecular weight is 532 g/mol. The molecule has 0 radical (unpaired) electrons. The van der Waals surface area contributed by atoms with Crippen LogP contribution in [0.1, 0.15) is 61.3 Å². The standard InChI is InChI=1S/C27H35BrN2O2S/c1-19-12-20(2)14-23(13-19)17-33-18-26(31)30(16-22-8-7-9-24(28)15-22)21(3)27(32)29-25-10-5-4-6-11-25/h7-9,12-15,21,25H,4-6,10-11,16-18H2,1-3H3,(H,29,32). The van der Waals surface area contributed by atoms with Gasteiger partial charge in [-0.05, 0) is 56.9 Å². The van der Waals surface area contributed by atoms with Crippen molar-refractivity contribution in [2.75, 3.05) is 5.75 Å². The number of nitrogens with one attached hydrogen (secondary N) is 1. The van der Waals surface area contributed by atoms with E-state index < -0.39 is 6.04 Å². The van der Waals surface area contributed by atoms with Gasteiger partial charge < -0.3 is 10.2 Å². The topological polar surface area (TPSA) is 49.4 Å². The first-order chi connectivity index (χ1) is 15.8. The van der Waals surface area contributed by atoms with E-state index in [1.165, 1.54) is 23.1 Å². The molecule has 1 atom stereocenters. The Labute approximate surface area is 211 Å². The van der Waals surface area contributed by atoms with Crippen LogP contribution in [0.15, 0.2) is 46.9 Å². The number of thioether (sulfide) groups is 1. The largest absolute Gasteiger partial charge is 0.352 e. The summed E-state index contributed by atoms with van der Waals surface area (Å²) in [5, 5.41) is 3.20. The number of aryl methyl sites for hydroxylation is 2. The van der Waals surface area contributed by atoms with E-state index in [1.54, 1.807) is 16.7 Å². The van der Waals surface area contributed by atoms with E-state index in [2.05, 4.69) is 53.3 Å². The van der Waals surface area contributed by atoms with Crippen molar-refractivity contribution in [2.24, 2.45) is 0 Å². The lowest BCUT2D eigenvalue weighted by Gasteiger charge is -2.31. The van der Waals surface area contributed by atoms with Crippen LogP contribution in [0.25, 0.3) is 0 Å². The molecule has 1 saturated carbocycles. The van der Waals surface area contributed by atoms with E-state index in [0.29, 0.717) is 12.3 Å². The summed E-state index contributed by atoms with van der Waals surface area (Å²) in [5.41, 5.74) is 4.71. The normalized spacial score (nSPS) is 15.2. The maximum absolute atomic E-state index is 13.3. The number of carbonyl (C=O) groups excluding carboxylic acids is 2. The zero-order valence-corrected chi connectivity index (χ0v) is 22.3. The highest BCUT2D eigenvalue weighted by Crippen LogP contribution is 2.21. The lowest BCUT2D eigenvalue weighted by Crippen LogP contribution is -2.50. The Bertz CT molecular complexity index is 939. The minimum Gasteiger partial charge on any atom is -0.352 e. The molecule has 3 rings (SSSR count). The number of hydrogen-bond acceptors (Lipinski definition) is 3. The molecule has 0 heterocycles. The number of nitrogens with zero attached hydrogens (tertiary/aromatic N) is 1. The van der Waals surface area contributed by atoms with Crippen molar-refractivity contribution in [3.63, 3.8) is 0 Å². The summed E-state index contributed by atoms with van der Waals surface area (Å²) in [5.74, 6) is 1.07. The number of amides is 2. The summed E-state index contributed by atoms with van der Waals surface area (Å²) >= 11 is 5.12. The number of carbonyl (C=O) groups is 2. The average Bonchev–Trinajstić information content (AvgIpc) is 2.77. The molecular formula is C27H35BrN2O2S. The molecule has 2 aromatic carbocycles. The van der Waals surface area contributed by atoms with Crippen molar-refractivity contribution < 1.29 is 9.59 Å². The Balaban J connectivity index is 1.66. The molecule has 2 amide bonds. The van der Waals surface area contributed by atoms with Crippen LogP contribution in [0.4, 0.5) is 0 Å². The van der Waals surface area contributed by atoms with Crippen molar-refractivity contribution in [3.8, 4) is 0 Å². The fourth-order valence-corrected chi connectivity index (χ4v) is 5.77. The molecule has 1 aliphatic carbocycles. The van der Waals surface area contributed by atoms with Gasteiger partial charge in [0.25, 0.3) is 0 Å². The fraction of sp³-hybridized carbons (Fsp3) is 0.481. The number of halogens is 1. The number of hydrogen-bond donors (Lipinski definition) is 1. The van der Waals surface area contributed by atoms with E-state index in [9.17, 15) is 9.59 Å². The third-order valence-corrected chi connectivity index (χ3v) is 7.62. The molecule has 1 aliphatic rings. The van der Waals surface area contributed by atoms with Crippen molar-refractivity contribution >= 4 is 39.5 Å². The Morgan fingerprint density at radius 2 is 1.76 bits per heavy atom. The summed E-state index contributed by atoms with van der Waals surface area (Å²) in [6.45, 7) is 6.46. The Morgan fingerprint density at radius 1 is 1.06 bits per heavy atom. The molecule has 0 aliphatic heterocycles. The fourth-order valence-electron chi connectivity index (χ4n) is 4.47. The molecule has 33 heavy (non-hydrogen) atoms. The first-order valence-corrected chi connectivity index (χ1v) is 13.8. The molecule has 0 bridgehead atoms. The SMILES string of the molecule is Cc1cc(C)cc(CSCC(=O)N(Cc2cccc(Br)c2)C(C)C(=O)NC2CCCCC2)c1. The smallest absolute Gasteiger partial charge is 0.242 e. The first kappa shape index (κ1) is 25.8. The minimum atomic E-state index is -0.514. The highest BCUT2D eigenvalue weighted by Gasteiger charge is 2.28. The predicted molar refractivity (Wildman–Crippen MR) is 141 cm³/mol. The van der Waals surface area contributed by atoms with Crippen LogP contribution in [0.5, 0.6) is 0 Å². The summed E-state index contributed by atoms with van der Waals surface area (Å²) in [6.07, 6.45) is 5.63. The molecule has 0 spiro atoms. The molecule has 0 aromatic heterocycles. The molecule has 0 saturated heterocycles. The van der Waals surface area contributed by atoms with Gasteiger partial charge in [-0.3, -0.25) is 9.59 Å². The van der Waals surface area contributed by atoms with Crippen molar-refractivity contribution in [2.45, 2.75) is 77.3 Å². The zero-order valence-electron chi connectivity index (χ0n) is 19.9. The van der Waals surface area contributed by atoms with Gasteiger partial charge in [0.1, 0.15) is 6.04 Å². The lowest BCUT2D eigenvalue weighted by molar-refractivity contribution is -0.139. The van der Waals surface area contributed by atoms with Crippen LogP contribution in [0.3, 0.4) is 0 Å². The maximum atomic E-state index is 13.3. The second-order valence-corrected chi connectivity index (χ2v) is 11.1. The predicted octanol–water partition coefficient (Wildman–Crippen LogP) is 6.17. The Morgan fingerprint density at radius 3 is 2.42 bits per heavy atom. The van der Waals surface area contributed by atoms with E-state index in [0.717, 1.165) is 41.5 Å². The van der Waals surface area contributed by atoms with Crippen LogP contribution < -0.4 is 5.32 Å². The monoisotopic (exact) mass is 530 g/mol. The zero-order chi connectivity index (χ0) is 23.8. The van der Waals surface area contributed by atoms with Gasteiger partial charge in [-0.15, -0.1) is 11.8 Å². The highest BCUT2D eigenvalue weighted by atomic mass is 79.9. The van der Waals surface area contributed by atoms with Crippen LogP contribution in [-0.4, -0.2) is 34.6 Å². The van der Waals surface area contributed by atoms with Crippen molar-refractivity contribution in [1.29, 1.82) is 0 Å². The van der Waals surface area contributed by atoms with Crippen LogP contribution in [0.2, 0.25) is 0 Å². The van der Waals surface area contributed by atoms with Crippen LogP contribution in [0, 0.1) is 13.8 Å². The maximum Gasteiger partial charge on any atom is 0.242 e. The Kier molecular flexibility index (Phi) is 9.87. The number of benzene rings is 2. The molecule has 2 aromatic rings. The molecular weight excluding hydrogens is 496 g/mol. The van der Waals surface area contributed by atoms with Gasteiger partial charge in [0, 0.05) is 22.8 Å². The van der Waals surface area contributed by atoms with Gasteiger partial charge in [-0.25, -0.2) is 0 Å². The lowest BCUT2D eigenvalue weighted by atomic mass is 9.95. The quantitative estimate of drug-likeness (QED) is 0.421. The van der Waals surface area contributed by atoms with Gasteiger partial charge in [-0.1, -0.05) is 76.7 Å².